The van der Waals surface area contributed by atoms with Gasteiger partial charge < -0.3 is 19.9 Å². The smallest absolute Gasteiger partial charge is 0.253 e. The lowest BCUT2D eigenvalue weighted by molar-refractivity contribution is -0.139. The average Bonchev–Trinajstić information content (AvgIpc) is 2.88. The van der Waals surface area contributed by atoms with Crippen LogP contribution in [0.5, 0.6) is 0 Å². The van der Waals surface area contributed by atoms with Crippen molar-refractivity contribution in [2.75, 3.05) is 39.4 Å². The number of hydrogen-bond acceptors (Lipinski definition) is 4. The monoisotopic (exact) mass is 467 g/mol. The second-order valence-corrected chi connectivity index (χ2v) is 8.89. The van der Waals surface area contributed by atoms with Gasteiger partial charge in [0, 0.05) is 37.3 Å². The number of ether oxygens (including phenoxy) is 1. The van der Waals surface area contributed by atoms with E-state index >= 15 is 0 Å². The van der Waals surface area contributed by atoms with E-state index in [0.29, 0.717) is 63.4 Å². The molecule has 3 amide bonds. The van der Waals surface area contributed by atoms with E-state index in [1.807, 2.05) is 31.2 Å². The van der Waals surface area contributed by atoms with Crippen LogP contribution in [0, 0.1) is 18.7 Å². The Morgan fingerprint density at radius 1 is 0.882 bits per heavy atom. The summed E-state index contributed by atoms with van der Waals surface area (Å²) in [5.41, 5.74) is 2.04. The van der Waals surface area contributed by atoms with Crippen LogP contribution in [-0.2, 0) is 9.53 Å². The van der Waals surface area contributed by atoms with E-state index in [0.717, 1.165) is 5.56 Å². The van der Waals surface area contributed by atoms with Crippen molar-refractivity contribution in [3.63, 3.8) is 0 Å². The molecule has 2 aliphatic heterocycles. The van der Waals surface area contributed by atoms with Gasteiger partial charge in [0.2, 0.25) is 5.91 Å². The summed E-state index contributed by atoms with van der Waals surface area (Å²) in [6.07, 6.45) is 1.20. The third-order valence-electron chi connectivity index (χ3n) is 6.58. The van der Waals surface area contributed by atoms with Crippen LogP contribution in [0.4, 0.5) is 4.39 Å². The van der Waals surface area contributed by atoms with Crippen molar-refractivity contribution in [1.29, 1.82) is 0 Å². The van der Waals surface area contributed by atoms with Crippen molar-refractivity contribution in [1.82, 2.24) is 15.1 Å². The zero-order valence-corrected chi connectivity index (χ0v) is 19.3. The molecule has 0 radical (unpaired) electrons. The van der Waals surface area contributed by atoms with Crippen LogP contribution in [0.25, 0.3) is 0 Å². The Kier molecular flexibility index (Phi) is 7.57. The van der Waals surface area contributed by atoms with Gasteiger partial charge in [0.25, 0.3) is 11.8 Å². The topological polar surface area (TPSA) is 79.0 Å². The van der Waals surface area contributed by atoms with Gasteiger partial charge in [-0.15, -0.1) is 0 Å². The predicted molar refractivity (Wildman–Crippen MR) is 125 cm³/mol. The molecular weight excluding hydrogens is 437 g/mol. The fourth-order valence-corrected chi connectivity index (χ4v) is 4.50. The first kappa shape index (κ1) is 23.9. The molecule has 0 aliphatic carbocycles. The number of carbonyl (C=O) groups is 3. The van der Waals surface area contributed by atoms with E-state index in [2.05, 4.69) is 5.32 Å². The molecule has 2 aliphatic rings. The molecule has 2 fully saturated rings. The molecule has 0 unspecified atom stereocenters. The molecule has 2 saturated heterocycles. The number of hydrogen-bond donors (Lipinski definition) is 1. The second-order valence-electron chi connectivity index (χ2n) is 8.89. The van der Waals surface area contributed by atoms with Gasteiger partial charge in [-0.2, -0.15) is 0 Å². The van der Waals surface area contributed by atoms with E-state index in [1.54, 1.807) is 9.80 Å². The van der Waals surface area contributed by atoms with E-state index in [1.165, 1.54) is 24.3 Å². The van der Waals surface area contributed by atoms with Crippen molar-refractivity contribution < 1.29 is 23.5 Å². The Bertz CT molecular complexity index is 1010. The quantitative estimate of drug-likeness (QED) is 0.733. The lowest BCUT2D eigenvalue weighted by Gasteiger charge is -2.38. The fraction of sp³-hybridized carbons (Fsp3) is 0.423. The van der Waals surface area contributed by atoms with Crippen molar-refractivity contribution >= 4 is 17.7 Å². The summed E-state index contributed by atoms with van der Waals surface area (Å²) in [5.74, 6) is -1.11. The molecule has 1 N–H and O–H groups in total. The predicted octanol–water partition coefficient (Wildman–Crippen LogP) is 2.64. The van der Waals surface area contributed by atoms with Gasteiger partial charge in [-0.25, -0.2) is 4.39 Å². The number of halogens is 1. The lowest BCUT2D eigenvalue weighted by atomic mass is 9.87. The second kappa shape index (κ2) is 10.8. The van der Waals surface area contributed by atoms with E-state index in [-0.39, 0.29) is 17.7 Å². The highest BCUT2D eigenvalue weighted by Crippen LogP contribution is 2.24. The Morgan fingerprint density at radius 2 is 1.47 bits per heavy atom. The summed E-state index contributed by atoms with van der Waals surface area (Å²) >= 11 is 0. The Hall–Kier alpha value is -3.26. The molecular formula is C26H30FN3O4. The molecule has 180 valence electrons. The minimum atomic E-state index is -0.715. The van der Waals surface area contributed by atoms with E-state index in [9.17, 15) is 18.8 Å². The third kappa shape index (κ3) is 5.62. The molecule has 0 saturated carbocycles. The lowest BCUT2D eigenvalue weighted by Crippen LogP contribution is -2.56. The van der Waals surface area contributed by atoms with Gasteiger partial charge in [-0.1, -0.05) is 17.7 Å². The highest BCUT2D eigenvalue weighted by molar-refractivity contribution is 5.97. The number of morpholine rings is 1. The van der Waals surface area contributed by atoms with Crippen LogP contribution < -0.4 is 5.32 Å². The Balaban J connectivity index is 1.45. The van der Waals surface area contributed by atoms with E-state index < -0.39 is 17.8 Å². The SMILES string of the molecule is Cc1ccc(C(=O)N2CCC([C@H](NC(=O)c3ccc(F)cc3)C(=O)N3CCOCC3)CC2)cc1. The van der Waals surface area contributed by atoms with Gasteiger partial charge in [-0.3, -0.25) is 14.4 Å². The number of nitrogens with one attached hydrogen (secondary N) is 1. The highest BCUT2D eigenvalue weighted by atomic mass is 19.1. The third-order valence-corrected chi connectivity index (χ3v) is 6.58. The number of aryl methyl sites for hydroxylation is 1. The van der Waals surface area contributed by atoms with Crippen molar-refractivity contribution in [3.05, 3.63) is 71.0 Å². The summed E-state index contributed by atoms with van der Waals surface area (Å²) < 4.78 is 18.6. The highest BCUT2D eigenvalue weighted by Gasteiger charge is 2.36. The number of amides is 3. The molecule has 2 heterocycles. The summed E-state index contributed by atoms with van der Waals surface area (Å²) in [6, 6.07) is 12.0. The summed E-state index contributed by atoms with van der Waals surface area (Å²) in [4.78, 5) is 42.7. The summed E-state index contributed by atoms with van der Waals surface area (Å²) in [6.45, 7) is 4.89. The molecule has 8 heteroatoms. The molecule has 2 aromatic carbocycles. The first-order chi connectivity index (χ1) is 16.4. The van der Waals surface area contributed by atoms with Gasteiger partial charge in [-0.05, 0) is 62.1 Å². The zero-order chi connectivity index (χ0) is 24.1. The van der Waals surface area contributed by atoms with Gasteiger partial charge in [0.1, 0.15) is 11.9 Å². The van der Waals surface area contributed by atoms with E-state index in [4.69, 9.17) is 4.74 Å². The molecule has 34 heavy (non-hydrogen) atoms. The van der Waals surface area contributed by atoms with Crippen molar-refractivity contribution in [3.8, 4) is 0 Å². The molecule has 2 aromatic rings. The largest absolute Gasteiger partial charge is 0.378 e. The molecule has 0 aromatic heterocycles. The average molecular weight is 468 g/mol. The van der Waals surface area contributed by atoms with Crippen LogP contribution in [0.1, 0.15) is 39.1 Å². The number of nitrogens with zero attached hydrogens (tertiary/aromatic N) is 2. The van der Waals surface area contributed by atoms with Gasteiger partial charge >= 0.3 is 0 Å². The van der Waals surface area contributed by atoms with Crippen molar-refractivity contribution in [2.45, 2.75) is 25.8 Å². The molecule has 7 nitrogen and oxygen atoms in total. The number of rotatable bonds is 5. The van der Waals surface area contributed by atoms with Crippen LogP contribution in [0.3, 0.4) is 0 Å². The van der Waals surface area contributed by atoms with Crippen LogP contribution in [-0.4, -0.2) is 73.0 Å². The Morgan fingerprint density at radius 3 is 2.09 bits per heavy atom. The first-order valence-corrected chi connectivity index (χ1v) is 11.7. The maximum atomic E-state index is 13.4. The van der Waals surface area contributed by atoms with Gasteiger partial charge in [0.05, 0.1) is 13.2 Å². The van der Waals surface area contributed by atoms with Crippen LogP contribution in [0.2, 0.25) is 0 Å². The number of benzene rings is 2. The standard InChI is InChI=1S/C26H30FN3O4/c1-18-2-4-21(5-3-18)25(32)29-12-10-19(11-13-29)23(26(33)30-14-16-34-17-15-30)28-24(31)20-6-8-22(27)9-7-20/h2-9,19,23H,10-17H2,1H3,(H,28,31)/t23-/m0/s1. The number of likely N-dealkylation sites (tertiary alicyclic amines) is 1. The summed E-state index contributed by atoms with van der Waals surface area (Å²) in [7, 11) is 0. The van der Waals surface area contributed by atoms with Crippen LogP contribution >= 0.6 is 0 Å². The molecule has 4 rings (SSSR count). The molecule has 0 bridgehead atoms. The normalized spacial score (nSPS) is 17.8. The van der Waals surface area contributed by atoms with Crippen molar-refractivity contribution in [2.24, 2.45) is 5.92 Å². The minimum Gasteiger partial charge on any atom is -0.378 e. The summed E-state index contributed by atoms with van der Waals surface area (Å²) in [5, 5.41) is 2.90. The number of carbonyl (C=O) groups excluding carboxylic acids is 3. The molecule has 1 atom stereocenters. The maximum Gasteiger partial charge on any atom is 0.253 e. The van der Waals surface area contributed by atoms with Gasteiger partial charge in [0.15, 0.2) is 0 Å². The molecule has 0 spiro atoms. The fourth-order valence-electron chi connectivity index (χ4n) is 4.50. The minimum absolute atomic E-state index is 0.0233. The maximum absolute atomic E-state index is 13.4. The Labute approximate surface area is 198 Å². The zero-order valence-electron chi connectivity index (χ0n) is 19.3. The van der Waals surface area contributed by atoms with Crippen LogP contribution in [0.15, 0.2) is 48.5 Å². The number of piperidine rings is 1. The first-order valence-electron chi connectivity index (χ1n) is 11.7.